The van der Waals surface area contributed by atoms with E-state index in [-0.39, 0.29) is 12.5 Å². The van der Waals surface area contributed by atoms with Crippen molar-refractivity contribution in [3.05, 3.63) is 28.2 Å². The van der Waals surface area contributed by atoms with Crippen molar-refractivity contribution in [2.75, 3.05) is 20.3 Å². The monoisotopic (exact) mass is 273 g/mol. The molecule has 0 bridgehead atoms. The second-order valence-corrected chi connectivity index (χ2v) is 4.36. The molecular weight excluding hydrogens is 258 g/mol. The Morgan fingerprint density at radius 3 is 2.80 bits per heavy atom. The van der Waals surface area contributed by atoms with Crippen molar-refractivity contribution in [2.45, 2.75) is 6.42 Å². The highest BCUT2D eigenvalue weighted by atomic mass is 79.9. The molecule has 3 N–H and O–H groups in total. The van der Waals surface area contributed by atoms with Gasteiger partial charge >= 0.3 is 0 Å². The molecule has 0 radical (unpaired) electrons. The molecule has 0 spiro atoms. The predicted octanol–water partition coefficient (Wildman–Crippen LogP) is 1.57. The van der Waals surface area contributed by atoms with Crippen LogP contribution in [0.1, 0.15) is 5.56 Å². The van der Waals surface area contributed by atoms with Crippen LogP contribution >= 0.6 is 15.9 Å². The number of hydrogen-bond donors (Lipinski definition) is 2. The summed E-state index contributed by atoms with van der Waals surface area (Å²) in [6.45, 7) is 0.582. The molecule has 0 saturated heterocycles. The number of benzene rings is 1. The summed E-state index contributed by atoms with van der Waals surface area (Å²) in [5.41, 5.74) is 6.61. The Kier molecular flexibility index (Phi) is 5.08. The molecular formula is C11H16BrNO2. The third kappa shape index (κ3) is 3.48. The van der Waals surface area contributed by atoms with Gasteiger partial charge in [-0.25, -0.2) is 0 Å². The van der Waals surface area contributed by atoms with E-state index in [0.717, 1.165) is 22.2 Å². The third-order valence-electron chi connectivity index (χ3n) is 2.34. The summed E-state index contributed by atoms with van der Waals surface area (Å²) < 4.78 is 6.25. The highest BCUT2D eigenvalue weighted by molar-refractivity contribution is 9.10. The van der Waals surface area contributed by atoms with E-state index < -0.39 is 0 Å². The Hall–Kier alpha value is -0.580. The number of aliphatic hydroxyl groups is 1. The van der Waals surface area contributed by atoms with Gasteiger partial charge in [-0.2, -0.15) is 0 Å². The first-order chi connectivity index (χ1) is 7.21. The van der Waals surface area contributed by atoms with Gasteiger partial charge in [-0.05, 0) is 42.6 Å². The van der Waals surface area contributed by atoms with Crippen molar-refractivity contribution < 1.29 is 9.84 Å². The van der Waals surface area contributed by atoms with E-state index in [1.54, 1.807) is 7.11 Å². The Bertz CT molecular complexity index is 313. The van der Waals surface area contributed by atoms with Gasteiger partial charge in [0.1, 0.15) is 5.75 Å². The van der Waals surface area contributed by atoms with Crippen LogP contribution in [0.25, 0.3) is 0 Å². The SMILES string of the molecule is COc1ccc(Br)cc1CC(CN)CO. The van der Waals surface area contributed by atoms with E-state index in [1.807, 2.05) is 18.2 Å². The molecule has 1 atom stereocenters. The lowest BCUT2D eigenvalue weighted by Crippen LogP contribution is -2.20. The molecule has 0 amide bonds. The Morgan fingerprint density at radius 1 is 1.53 bits per heavy atom. The summed E-state index contributed by atoms with van der Waals surface area (Å²) in [4.78, 5) is 0. The molecule has 0 saturated carbocycles. The summed E-state index contributed by atoms with van der Waals surface area (Å²) in [5.74, 6) is 0.929. The molecule has 0 aliphatic heterocycles. The van der Waals surface area contributed by atoms with Crippen molar-refractivity contribution in [1.29, 1.82) is 0 Å². The topological polar surface area (TPSA) is 55.5 Å². The fraction of sp³-hybridized carbons (Fsp3) is 0.455. The first kappa shape index (κ1) is 12.5. The molecule has 1 aromatic carbocycles. The van der Waals surface area contributed by atoms with Gasteiger partial charge in [0.25, 0.3) is 0 Å². The molecule has 1 rings (SSSR count). The summed E-state index contributed by atoms with van der Waals surface area (Å²) in [7, 11) is 1.64. The Labute approximate surface area is 98.4 Å². The van der Waals surface area contributed by atoms with Gasteiger partial charge in [-0.1, -0.05) is 15.9 Å². The van der Waals surface area contributed by atoms with Crippen molar-refractivity contribution in [3.8, 4) is 5.75 Å². The molecule has 0 aromatic heterocycles. The van der Waals surface area contributed by atoms with Crippen molar-refractivity contribution in [1.82, 2.24) is 0 Å². The molecule has 0 aliphatic rings. The van der Waals surface area contributed by atoms with Crippen LogP contribution in [0.5, 0.6) is 5.75 Å². The lowest BCUT2D eigenvalue weighted by atomic mass is 9.99. The molecule has 4 heteroatoms. The minimum Gasteiger partial charge on any atom is -0.496 e. The van der Waals surface area contributed by atoms with Crippen LogP contribution in [0, 0.1) is 5.92 Å². The van der Waals surface area contributed by atoms with Crippen LogP contribution in [-0.4, -0.2) is 25.4 Å². The van der Waals surface area contributed by atoms with E-state index >= 15 is 0 Å². The molecule has 3 nitrogen and oxygen atoms in total. The highest BCUT2D eigenvalue weighted by Crippen LogP contribution is 2.25. The van der Waals surface area contributed by atoms with Gasteiger partial charge < -0.3 is 15.6 Å². The molecule has 1 unspecified atom stereocenters. The lowest BCUT2D eigenvalue weighted by Gasteiger charge is -2.14. The zero-order chi connectivity index (χ0) is 11.3. The van der Waals surface area contributed by atoms with Crippen LogP contribution < -0.4 is 10.5 Å². The normalized spacial score (nSPS) is 12.5. The summed E-state index contributed by atoms with van der Waals surface area (Å²) in [6.07, 6.45) is 0.732. The molecule has 0 heterocycles. The largest absolute Gasteiger partial charge is 0.496 e. The van der Waals surface area contributed by atoms with Crippen LogP contribution in [0.4, 0.5) is 0 Å². The molecule has 1 aromatic rings. The van der Waals surface area contributed by atoms with Gasteiger partial charge in [-0.3, -0.25) is 0 Å². The number of halogens is 1. The summed E-state index contributed by atoms with van der Waals surface area (Å²) in [5, 5.41) is 9.09. The average Bonchev–Trinajstić information content (AvgIpc) is 2.26. The van der Waals surface area contributed by atoms with Gasteiger partial charge in [0, 0.05) is 11.1 Å². The van der Waals surface area contributed by atoms with Crippen molar-refractivity contribution in [3.63, 3.8) is 0 Å². The van der Waals surface area contributed by atoms with Crippen molar-refractivity contribution in [2.24, 2.45) is 11.7 Å². The fourth-order valence-electron chi connectivity index (χ4n) is 1.44. The third-order valence-corrected chi connectivity index (χ3v) is 2.84. The van der Waals surface area contributed by atoms with Gasteiger partial charge in [-0.15, -0.1) is 0 Å². The minimum atomic E-state index is 0.0909. The number of aliphatic hydroxyl groups excluding tert-OH is 1. The van der Waals surface area contributed by atoms with Gasteiger partial charge in [0.15, 0.2) is 0 Å². The first-order valence-electron chi connectivity index (χ1n) is 4.84. The van der Waals surface area contributed by atoms with Crippen molar-refractivity contribution >= 4 is 15.9 Å². The molecule has 15 heavy (non-hydrogen) atoms. The predicted molar refractivity (Wildman–Crippen MR) is 64.0 cm³/mol. The zero-order valence-corrected chi connectivity index (χ0v) is 10.3. The second kappa shape index (κ2) is 6.10. The summed E-state index contributed by atoms with van der Waals surface area (Å²) in [6, 6.07) is 5.83. The highest BCUT2D eigenvalue weighted by Gasteiger charge is 2.10. The van der Waals surface area contributed by atoms with E-state index in [2.05, 4.69) is 15.9 Å². The fourth-order valence-corrected chi connectivity index (χ4v) is 1.85. The smallest absolute Gasteiger partial charge is 0.122 e. The Morgan fingerprint density at radius 2 is 2.27 bits per heavy atom. The summed E-state index contributed by atoms with van der Waals surface area (Å²) >= 11 is 3.41. The Balaban J connectivity index is 2.86. The van der Waals surface area contributed by atoms with E-state index in [0.29, 0.717) is 6.54 Å². The molecule has 84 valence electrons. The van der Waals surface area contributed by atoms with Crippen LogP contribution in [0.2, 0.25) is 0 Å². The maximum absolute atomic E-state index is 9.09. The van der Waals surface area contributed by atoms with Crippen LogP contribution in [0.3, 0.4) is 0 Å². The number of rotatable bonds is 5. The number of nitrogens with two attached hydrogens (primary N) is 1. The maximum Gasteiger partial charge on any atom is 0.122 e. The van der Waals surface area contributed by atoms with Crippen LogP contribution in [-0.2, 0) is 6.42 Å². The minimum absolute atomic E-state index is 0.0909. The molecule has 0 fully saturated rings. The first-order valence-corrected chi connectivity index (χ1v) is 5.64. The van der Waals surface area contributed by atoms with E-state index in [1.165, 1.54) is 0 Å². The average molecular weight is 274 g/mol. The van der Waals surface area contributed by atoms with E-state index in [9.17, 15) is 0 Å². The van der Waals surface area contributed by atoms with E-state index in [4.69, 9.17) is 15.6 Å². The number of methoxy groups -OCH3 is 1. The quantitative estimate of drug-likeness (QED) is 0.856. The second-order valence-electron chi connectivity index (χ2n) is 3.44. The molecule has 0 aliphatic carbocycles. The van der Waals surface area contributed by atoms with Crippen LogP contribution in [0.15, 0.2) is 22.7 Å². The number of hydrogen-bond acceptors (Lipinski definition) is 3. The maximum atomic E-state index is 9.09. The number of ether oxygens (including phenoxy) is 1. The standard InChI is InChI=1S/C11H16BrNO2/c1-15-11-3-2-10(12)5-9(11)4-8(6-13)7-14/h2-3,5,8,14H,4,6-7,13H2,1H3. The van der Waals surface area contributed by atoms with Gasteiger partial charge in [0.2, 0.25) is 0 Å². The zero-order valence-electron chi connectivity index (χ0n) is 8.74. The lowest BCUT2D eigenvalue weighted by molar-refractivity contribution is 0.229. The van der Waals surface area contributed by atoms with Gasteiger partial charge in [0.05, 0.1) is 7.11 Å².